The van der Waals surface area contributed by atoms with Crippen molar-refractivity contribution in [2.75, 3.05) is 7.05 Å². The Bertz CT molecular complexity index is 583. The Hall–Kier alpha value is -2.00. The molecule has 1 heterocycles. The molecule has 0 radical (unpaired) electrons. The molecule has 0 bridgehead atoms. The zero-order valence-electron chi connectivity index (χ0n) is 11.8. The molecule has 0 spiro atoms. The van der Waals surface area contributed by atoms with E-state index in [2.05, 4.69) is 18.3 Å². The summed E-state index contributed by atoms with van der Waals surface area (Å²) in [7, 11) is 1.97. The number of hydrogen-bond acceptors (Lipinski definition) is 3. The summed E-state index contributed by atoms with van der Waals surface area (Å²) in [4.78, 5) is 0. The van der Waals surface area contributed by atoms with Gasteiger partial charge in [-0.3, -0.25) is 0 Å². The second-order valence-corrected chi connectivity index (χ2v) is 4.95. The summed E-state index contributed by atoms with van der Waals surface area (Å²) in [5.74, 6) is 2.64. The molecular weight excluding hydrogens is 250 g/mol. The number of fused-ring (bicyclic) bond motifs is 1. The summed E-state index contributed by atoms with van der Waals surface area (Å²) >= 11 is 0. The minimum Gasteiger partial charge on any atom is -0.488 e. The van der Waals surface area contributed by atoms with Crippen molar-refractivity contribution >= 4 is 0 Å². The maximum absolute atomic E-state index is 5.95. The number of benzene rings is 2. The van der Waals surface area contributed by atoms with Crippen LogP contribution in [0.1, 0.15) is 24.9 Å². The molecule has 1 aliphatic heterocycles. The maximum Gasteiger partial charge on any atom is 0.128 e. The fourth-order valence-electron chi connectivity index (χ4n) is 2.66. The van der Waals surface area contributed by atoms with Gasteiger partial charge in [-0.15, -0.1) is 0 Å². The standard InChI is InChI=1S/C17H19NO2/c1-3-15-17(18-2)14-11-13(9-10-16(14)20-15)19-12-7-5-4-6-8-12/h4-11,15,17-18H,3H2,1-2H3. The van der Waals surface area contributed by atoms with E-state index in [1.165, 1.54) is 5.56 Å². The highest BCUT2D eigenvalue weighted by atomic mass is 16.5. The molecule has 0 saturated carbocycles. The van der Waals surface area contributed by atoms with Crippen molar-refractivity contribution < 1.29 is 9.47 Å². The maximum atomic E-state index is 5.95. The molecule has 3 nitrogen and oxygen atoms in total. The van der Waals surface area contributed by atoms with Gasteiger partial charge in [0.25, 0.3) is 0 Å². The van der Waals surface area contributed by atoms with Gasteiger partial charge in [0, 0.05) is 5.56 Å². The molecule has 2 atom stereocenters. The van der Waals surface area contributed by atoms with Crippen LogP contribution in [-0.2, 0) is 0 Å². The Kier molecular flexibility index (Phi) is 3.61. The Labute approximate surface area is 119 Å². The van der Waals surface area contributed by atoms with Crippen molar-refractivity contribution in [2.24, 2.45) is 0 Å². The van der Waals surface area contributed by atoms with Crippen LogP contribution in [0.4, 0.5) is 0 Å². The molecule has 2 aromatic rings. The highest BCUT2D eigenvalue weighted by Crippen LogP contribution is 2.40. The Morgan fingerprint density at radius 2 is 1.90 bits per heavy atom. The third-order valence-corrected chi connectivity index (χ3v) is 3.66. The third kappa shape index (κ3) is 2.37. The molecule has 0 aliphatic carbocycles. The lowest BCUT2D eigenvalue weighted by Crippen LogP contribution is -2.27. The summed E-state index contributed by atoms with van der Waals surface area (Å²) in [6.45, 7) is 2.14. The molecule has 0 saturated heterocycles. The average molecular weight is 269 g/mol. The molecule has 20 heavy (non-hydrogen) atoms. The zero-order valence-corrected chi connectivity index (χ0v) is 11.8. The monoisotopic (exact) mass is 269 g/mol. The van der Waals surface area contributed by atoms with Crippen LogP contribution in [0.3, 0.4) is 0 Å². The van der Waals surface area contributed by atoms with Gasteiger partial charge in [0.2, 0.25) is 0 Å². The second-order valence-electron chi connectivity index (χ2n) is 4.95. The molecule has 0 fully saturated rings. The topological polar surface area (TPSA) is 30.5 Å². The van der Waals surface area contributed by atoms with Crippen molar-refractivity contribution in [1.82, 2.24) is 5.32 Å². The molecule has 3 heteroatoms. The van der Waals surface area contributed by atoms with Gasteiger partial charge in [0.15, 0.2) is 0 Å². The fraction of sp³-hybridized carbons (Fsp3) is 0.294. The Balaban J connectivity index is 1.87. The van der Waals surface area contributed by atoms with Gasteiger partial charge in [-0.25, -0.2) is 0 Å². The molecule has 1 aliphatic rings. The SMILES string of the molecule is CCC1Oc2ccc(Oc3ccccc3)cc2C1NC. The van der Waals surface area contributed by atoms with E-state index in [4.69, 9.17) is 9.47 Å². The summed E-state index contributed by atoms with van der Waals surface area (Å²) in [6.07, 6.45) is 1.18. The van der Waals surface area contributed by atoms with Gasteiger partial charge in [-0.2, -0.15) is 0 Å². The predicted molar refractivity (Wildman–Crippen MR) is 79.5 cm³/mol. The van der Waals surface area contributed by atoms with E-state index < -0.39 is 0 Å². The van der Waals surface area contributed by atoms with Crippen LogP contribution in [0, 0.1) is 0 Å². The van der Waals surface area contributed by atoms with Crippen LogP contribution in [0.2, 0.25) is 0 Å². The minimum atomic E-state index is 0.196. The van der Waals surface area contributed by atoms with Crippen molar-refractivity contribution in [3.8, 4) is 17.2 Å². The zero-order chi connectivity index (χ0) is 13.9. The van der Waals surface area contributed by atoms with E-state index in [1.807, 2.05) is 49.5 Å². The van der Waals surface area contributed by atoms with Crippen LogP contribution in [0.15, 0.2) is 48.5 Å². The van der Waals surface area contributed by atoms with Crippen molar-refractivity contribution in [3.63, 3.8) is 0 Å². The van der Waals surface area contributed by atoms with Crippen molar-refractivity contribution in [1.29, 1.82) is 0 Å². The fourth-order valence-corrected chi connectivity index (χ4v) is 2.66. The number of likely N-dealkylation sites (N-methyl/N-ethyl adjacent to an activating group) is 1. The van der Waals surface area contributed by atoms with E-state index in [1.54, 1.807) is 0 Å². The molecule has 3 rings (SSSR count). The van der Waals surface area contributed by atoms with E-state index in [0.29, 0.717) is 0 Å². The number of rotatable bonds is 4. The normalized spacial score (nSPS) is 20.3. The number of para-hydroxylation sites is 1. The average Bonchev–Trinajstić information content (AvgIpc) is 2.85. The molecular formula is C17H19NO2. The van der Waals surface area contributed by atoms with E-state index in [-0.39, 0.29) is 12.1 Å². The second kappa shape index (κ2) is 5.55. The molecule has 1 N–H and O–H groups in total. The lowest BCUT2D eigenvalue weighted by atomic mass is 10.0. The van der Waals surface area contributed by atoms with Gasteiger partial charge >= 0.3 is 0 Å². The first-order valence-corrected chi connectivity index (χ1v) is 7.02. The van der Waals surface area contributed by atoms with Crippen LogP contribution in [0.5, 0.6) is 17.2 Å². The number of ether oxygens (including phenoxy) is 2. The number of nitrogens with one attached hydrogen (secondary N) is 1. The van der Waals surface area contributed by atoms with Crippen LogP contribution in [0.25, 0.3) is 0 Å². The first-order chi connectivity index (χ1) is 9.81. The van der Waals surface area contributed by atoms with Gasteiger partial charge < -0.3 is 14.8 Å². The number of hydrogen-bond donors (Lipinski definition) is 1. The van der Waals surface area contributed by atoms with E-state index >= 15 is 0 Å². The first-order valence-electron chi connectivity index (χ1n) is 7.02. The smallest absolute Gasteiger partial charge is 0.128 e. The molecule has 0 amide bonds. The lowest BCUT2D eigenvalue weighted by molar-refractivity contribution is 0.189. The Morgan fingerprint density at radius 3 is 2.60 bits per heavy atom. The van der Waals surface area contributed by atoms with Crippen molar-refractivity contribution in [3.05, 3.63) is 54.1 Å². The largest absolute Gasteiger partial charge is 0.488 e. The molecule has 0 aromatic heterocycles. The molecule has 2 unspecified atom stereocenters. The Morgan fingerprint density at radius 1 is 1.10 bits per heavy atom. The quantitative estimate of drug-likeness (QED) is 0.912. The molecule has 2 aromatic carbocycles. The van der Waals surface area contributed by atoms with Gasteiger partial charge in [-0.05, 0) is 43.8 Å². The third-order valence-electron chi connectivity index (χ3n) is 3.66. The highest BCUT2D eigenvalue weighted by Gasteiger charge is 2.32. The first kappa shape index (κ1) is 13.0. The summed E-state index contributed by atoms with van der Waals surface area (Å²) < 4.78 is 11.8. The van der Waals surface area contributed by atoms with Crippen LogP contribution in [-0.4, -0.2) is 13.2 Å². The lowest BCUT2D eigenvalue weighted by Gasteiger charge is -2.16. The summed E-state index contributed by atoms with van der Waals surface area (Å²) in [5, 5.41) is 3.33. The van der Waals surface area contributed by atoms with Gasteiger partial charge in [0.05, 0.1) is 6.04 Å². The van der Waals surface area contributed by atoms with Crippen LogP contribution >= 0.6 is 0 Å². The highest BCUT2D eigenvalue weighted by molar-refractivity contribution is 5.46. The summed E-state index contributed by atoms with van der Waals surface area (Å²) in [6, 6.07) is 16.1. The van der Waals surface area contributed by atoms with Crippen LogP contribution < -0.4 is 14.8 Å². The van der Waals surface area contributed by atoms with Gasteiger partial charge in [-0.1, -0.05) is 25.1 Å². The van der Waals surface area contributed by atoms with E-state index in [0.717, 1.165) is 23.7 Å². The van der Waals surface area contributed by atoms with Gasteiger partial charge in [0.1, 0.15) is 23.4 Å². The minimum absolute atomic E-state index is 0.196. The van der Waals surface area contributed by atoms with E-state index in [9.17, 15) is 0 Å². The summed E-state index contributed by atoms with van der Waals surface area (Å²) in [5.41, 5.74) is 1.17. The molecule has 104 valence electrons. The predicted octanol–water partition coefficient (Wildman–Crippen LogP) is 3.91. The van der Waals surface area contributed by atoms with Crippen molar-refractivity contribution in [2.45, 2.75) is 25.5 Å².